The summed E-state index contributed by atoms with van der Waals surface area (Å²) in [7, 11) is 0. The van der Waals surface area contributed by atoms with Crippen LogP contribution in [-0.2, 0) is 11.2 Å². The largest absolute Gasteiger partial charge is 0.326 e. The Balaban J connectivity index is 1.90. The fraction of sp³-hybridized carbons (Fsp3) is 0.375. The molecule has 1 amide bonds. The Bertz CT molecular complexity index is 612. The van der Waals surface area contributed by atoms with Gasteiger partial charge in [0.15, 0.2) is 0 Å². The van der Waals surface area contributed by atoms with Crippen LogP contribution in [0.2, 0.25) is 0 Å². The van der Waals surface area contributed by atoms with E-state index < -0.39 is 0 Å². The van der Waals surface area contributed by atoms with Gasteiger partial charge in [0, 0.05) is 23.4 Å². The number of aromatic nitrogens is 1. The Morgan fingerprint density at radius 1 is 1.20 bits per heavy atom. The highest BCUT2D eigenvalue weighted by atomic mass is 32.1. The van der Waals surface area contributed by atoms with E-state index in [0.29, 0.717) is 12.8 Å². The first kappa shape index (κ1) is 14.7. The smallest absolute Gasteiger partial charge is 0.224 e. The molecule has 0 spiro atoms. The predicted octanol–water partition coefficient (Wildman–Crippen LogP) is 3.95. The molecule has 0 atom stereocenters. The van der Waals surface area contributed by atoms with E-state index in [1.165, 1.54) is 16.0 Å². The van der Waals surface area contributed by atoms with Gasteiger partial charge in [0.25, 0.3) is 0 Å². The number of amides is 1. The van der Waals surface area contributed by atoms with Crippen LogP contribution in [0.4, 0.5) is 5.69 Å². The minimum Gasteiger partial charge on any atom is -0.326 e. The normalized spacial score (nSPS) is 10.6. The molecular weight excluding hydrogens is 268 g/mol. The van der Waals surface area contributed by atoms with Crippen LogP contribution in [0.5, 0.6) is 0 Å². The van der Waals surface area contributed by atoms with Gasteiger partial charge in [-0.3, -0.25) is 4.79 Å². The maximum absolute atomic E-state index is 11.9. The molecule has 2 aromatic rings. The molecule has 0 aliphatic carbocycles. The lowest BCUT2D eigenvalue weighted by Crippen LogP contribution is -2.12. The van der Waals surface area contributed by atoms with Crippen molar-refractivity contribution in [3.05, 3.63) is 44.9 Å². The molecule has 0 fully saturated rings. The van der Waals surface area contributed by atoms with Gasteiger partial charge in [0.2, 0.25) is 5.91 Å². The van der Waals surface area contributed by atoms with Crippen LogP contribution in [0.3, 0.4) is 0 Å². The minimum atomic E-state index is 0.0405. The van der Waals surface area contributed by atoms with Crippen LogP contribution in [0, 0.1) is 27.7 Å². The van der Waals surface area contributed by atoms with Gasteiger partial charge in [-0.05, 0) is 51.0 Å². The van der Waals surface area contributed by atoms with Crippen LogP contribution in [0.25, 0.3) is 0 Å². The molecule has 1 N–H and O–H groups in total. The van der Waals surface area contributed by atoms with Gasteiger partial charge in [-0.25, -0.2) is 4.98 Å². The zero-order valence-electron chi connectivity index (χ0n) is 12.4. The van der Waals surface area contributed by atoms with Crippen LogP contribution < -0.4 is 5.32 Å². The number of hydrogen-bond donors (Lipinski definition) is 1. The number of rotatable bonds is 4. The van der Waals surface area contributed by atoms with Crippen LogP contribution in [0.15, 0.2) is 18.2 Å². The first-order chi connectivity index (χ1) is 9.45. The van der Waals surface area contributed by atoms with E-state index in [0.717, 1.165) is 16.4 Å². The minimum absolute atomic E-state index is 0.0405. The Morgan fingerprint density at radius 3 is 2.55 bits per heavy atom. The average molecular weight is 288 g/mol. The molecule has 0 aliphatic heterocycles. The van der Waals surface area contributed by atoms with Crippen molar-refractivity contribution < 1.29 is 4.79 Å². The number of nitrogens with one attached hydrogen (secondary N) is 1. The van der Waals surface area contributed by atoms with Crippen LogP contribution in [-0.4, -0.2) is 10.9 Å². The van der Waals surface area contributed by atoms with Crippen molar-refractivity contribution in [2.24, 2.45) is 0 Å². The van der Waals surface area contributed by atoms with Crippen LogP contribution in [0.1, 0.15) is 33.1 Å². The summed E-state index contributed by atoms with van der Waals surface area (Å²) in [5, 5.41) is 3.98. The highest BCUT2D eigenvalue weighted by Gasteiger charge is 2.08. The van der Waals surface area contributed by atoms with E-state index in [9.17, 15) is 4.79 Å². The van der Waals surface area contributed by atoms with Gasteiger partial charge >= 0.3 is 0 Å². The molecule has 0 saturated carbocycles. The molecule has 1 aromatic heterocycles. The van der Waals surface area contributed by atoms with Gasteiger partial charge in [0.1, 0.15) is 0 Å². The van der Waals surface area contributed by atoms with Gasteiger partial charge in [0.05, 0.1) is 10.7 Å². The van der Waals surface area contributed by atoms with E-state index in [4.69, 9.17) is 0 Å². The Hall–Kier alpha value is -1.68. The van der Waals surface area contributed by atoms with Gasteiger partial charge < -0.3 is 5.32 Å². The van der Waals surface area contributed by atoms with E-state index in [2.05, 4.69) is 24.1 Å². The lowest BCUT2D eigenvalue weighted by Gasteiger charge is -2.07. The first-order valence-corrected chi connectivity index (χ1v) is 7.57. The van der Waals surface area contributed by atoms with E-state index in [-0.39, 0.29) is 5.91 Å². The maximum Gasteiger partial charge on any atom is 0.224 e. The van der Waals surface area contributed by atoms with Gasteiger partial charge in [-0.1, -0.05) is 6.07 Å². The Labute approximate surface area is 124 Å². The fourth-order valence-corrected chi connectivity index (χ4v) is 2.84. The topological polar surface area (TPSA) is 42.0 Å². The highest BCUT2D eigenvalue weighted by molar-refractivity contribution is 7.11. The lowest BCUT2D eigenvalue weighted by atomic mass is 10.1. The standard InChI is InChI=1S/C16H20N2OS/c1-10-5-6-14(9-11(10)2)18-15(19)7-8-16-17-12(3)13(4)20-16/h5-6,9H,7-8H2,1-4H3,(H,18,19). The number of anilines is 1. The molecule has 2 rings (SSSR count). The lowest BCUT2D eigenvalue weighted by molar-refractivity contribution is -0.116. The number of carbonyl (C=O) groups is 1. The summed E-state index contributed by atoms with van der Waals surface area (Å²) in [4.78, 5) is 17.6. The second-order valence-corrected chi connectivity index (χ2v) is 6.38. The monoisotopic (exact) mass is 288 g/mol. The van der Waals surface area contributed by atoms with Crippen molar-refractivity contribution in [1.29, 1.82) is 0 Å². The zero-order valence-corrected chi connectivity index (χ0v) is 13.2. The second-order valence-electron chi connectivity index (χ2n) is 5.10. The second kappa shape index (κ2) is 6.18. The molecule has 0 unspecified atom stereocenters. The SMILES string of the molecule is Cc1ccc(NC(=O)CCc2nc(C)c(C)s2)cc1C. The summed E-state index contributed by atoms with van der Waals surface area (Å²) < 4.78 is 0. The number of nitrogens with zero attached hydrogens (tertiary/aromatic N) is 1. The number of benzene rings is 1. The Morgan fingerprint density at radius 2 is 1.95 bits per heavy atom. The van der Waals surface area contributed by atoms with Crippen LogP contribution >= 0.6 is 11.3 Å². The van der Waals surface area contributed by atoms with Crippen molar-refractivity contribution in [3.8, 4) is 0 Å². The molecule has 20 heavy (non-hydrogen) atoms. The Kier molecular flexibility index (Phi) is 4.55. The number of aryl methyl sites for hydroxylation is 5. The van der Waals surface area contributed by atoms with Crippen molar-refractivity contribution in [2.75, 3.05) is 5.32 Å². The van der Waals surface area contributed by atoms with E-state index in [1.807, 2.05) is 32.0 Å². The molecule has 4 heteroatoms. The van der Waals surface area contributed by atoms with E-state index in [1.54, 1.807) is 11.3 Å². The molecule has 3 nitrogen and oxygen atoms in total. The summed E-state index contributed by atoms with van der Waals surface area (Å²) in [5.74, 6) is 0.0405. The molecule has 0 bridgehead atoms. The third-order valence-electron chi connectivity index (χ3n) is 3.43. The third-order valence-corrected chi connectivity index (χ3v) is 4.56. The number of carbonyl (C=O) groups excluding carboxylic acids is 1. The molecule has 1 aromatic carbocycles. The first-order valence-electron chi connectivity index (χ1n) is 6.75. The number of hydrogen-bond acceptors (Lipinski definition) is 3. The van der Waals surface area contributed by atoms with Crippen molar-refractivity contribution in [1.82, 2.24) is 4.98 Å². The zero-order chi connectivity index (χ0) is 14.7. The average Bonchev–Trinajstić information content (AvgIpc) is 2.71. The summed E-state index contributed by atoms with van der Waals surface area (Å²) in [6.45, 7) is 8.18. The predicted molar refractivity (Wildman–Crippen MR) is 84.5 cm³/mol. The van der Waals surface area contributed by atoms with Gasteiger partial charge in [-0.2, -0.15) is 0 Å². The molecule has 1 heterocycles. The van der Waals surface area contributed by atoms with Crippen molar-refractivity contribution in [3.63, 3.8) is 0 Å². The summed E-state index contributed by atoms with van der Waals surface area (Å²) in [6, 6.07) is 5.97. The molecule has 0 saturated heterocycles. The van der Waals surface area contributed by atoms with Gasteiger partial charge in [-0.15, -0.1) is 11.3 Å². The number of thiazole rings is 1. The van der Waals surface area contributed by atoms with Crippen molar-refractivity contribution in [2.45, 2.75) is 40.5 Å². The van der Waals surface area contributed by atoms with E-state index >= 15 is 0 Å². The third kappa shape index (κ3) is 3.67. The maximum atomic E-state index is 11.9. The molecule has 106 valence electrons. The van der Waals surface area contributed by atoms with Crippen molar-refractivity contribution >= 4 is 22.9 Å². The highest BCUT2D eigenvalue weighted by Crippen LogP contribution is 2.18. The fourth-order valence-electron chi connectivity index (χ4n) is 1.91. The summed E-state index contributed by atoms with van der Waals surface area (Å²) in [6.07, 6.45) is 1.18. The molecule has 0 aliphatic rings. The quantitative estimate of drug-likeness (QED) is 0.925. The molecule has 0 radical (unpaired) electrons. The molecular formula is C16H20N2OS. The summed E-state index contributed by atoms with van der Waals surface area (Å²) >= 11 is 1.68. The summed E-state index contributed by atoms with van der Waals surface area (Å²) in [5.41, 5.74) is 4.36.